The fourth-order valence-corrected chi connectivity index (χ4v) is 3.54. The van der Waals surface area contributed by atoms with E-state index < -0.39 is 5.97 Å². The Morgan fingerprint density at radius 3 is 2.70 bits per heavy atom. The van der Waals surface area contributed by atoms with Crippen molar-refractivity contribution in [3.8, 4) is 0 Å². The van der Waals surface area contributed by atoms with Crippen LogP contribution in [0.25, 0.3) is 10.9 Å². The van der Waals surface area contributed by atoms with E-state index in [4.69, 9.17) is 5.11 Å². The molecule has 3 rings (SSSR count). The molecule has 1 aromatic carbocycles. The summed E-state index contributed by atoms with van der Waals surface area (Å²) in [6.07, 6.45) is 6.51. The predicted octanol–water partition coefficient (Wildman–Crippen LogP) is 3.02. The van der Waals surface area contributed by atoms with E-state index in [1.54, 1.807) is 12.1 Å². The molecule has 2 aromatic rings. The van der Waals surface area contributed by atoms with Gasteiger partial charge < -0.3 is 10.1 Å². The van der Waals surface area contributed by atoms with E-state index in [0.717, 1.165) is 12.8 Å². The summed E-state index contributed by atoms with van der Waals surface area (Å²) in [6.45, 7) is 2.16. The maximum atomic E-state index is 11.1. The van der Waals surface area contributed by atoms with Crippen LogP contribution in [0.3, 0.4) is 0 Å². The maximum absolute atomic E-state index is 11.1. The molecule has 2 N–H and O–H groups in total. The molecule has 0 radical (unpaired) electrons. The van der Waals surface area contributed by atoms with Crippen LogP contribution in [0.15, 0.2) is 18.2 Å². The molecular weight excluding hydrogens is 249 g/mol. The number of aromatic carboxylic acids is 1. The average molecular weight is 269 g/mol. The van der Waals surface area contributed by atoms with Gasteiger partial charge in [0.1, 0.15) is 0 Å². The number of rotatable bonds is 3. The van der Waals surface area contributed by atoms with Gasteiger partial charge in [-0.05, 0) is 42.0 Å². The molecule has 1 aliphatic carbocycles. The number of H-pyrrole nitrogens is 1. The first-order chi connectivity index (χ1) is 9.70. The largest absolute Gasteiger partial charge is 0.478 e. The Labute approximate surface area is 119 Å². The summed E-state index contributed by atoms with van der Waals surface area (Å²) in [7, 11) is 0.975. The van der Waals surface area contributed by atoms with Crippen LogP contribution in [0.1, 0.15) is 53.9 Å². The van der Waals surface area contributed by atoms with E-state index in [-0.39, 0.29) is 0 Å². The number of hydrogen-bond acceptors (Lipinski definition) is 1. The SMILES string of the molecule is CBc1[nH]c2cc(C(=O)O)ccc2c1C1CCCCC1. The predicted molar refractivity (Wildman–Crippen MR) is 83.7 cm³/mol. The number of fused-ring (bicyclic) bond motifs is 1. The second-order valence-electron chi connectivity index (χ2n) is 5.77. The van der Waals surface area contributed by atoms with Gasteiger partial charge in [0.05, 0.1) is 5.56 Å². The Balaban J connectivity index is 2.11. The fraction of sp³-hybridized carbons (Fsp3) is 0.438. The van der Waals surface area contributed by atoms with Crippen molar-refractivity contribution in [2.45, 2.75) is 44.8 Å². The first kappa shape index (κ1) is 13.3. The molecule has 104 valence electrons. The van der Waals surface area contributed by atoms with Crippen LogP contribution in [0.2, 0.25) is 6.82 Å². The zero-order chi connectivity index (χ0) is 14.1. The van der Waals surface area contributed by atoms with Gasteiger partial charge in [0.2, 0.25) is 0 Å². The summed E-state index contributed by atoms with van der Waals surface area (Å²) in [4.78, 5) is 14.5. The van der Waals surface area contributed by atoms with Gasteiger partial charge in [-0.3, -0.25) is 0 Å². The van der Waals surface area contributed by atoms with Gasteiger partial charge in [-0.2, -0.15) is 0 Å². The molecule has 1 aromatic heterocycles. The molecule has 0 atom stereocenters. The molecule has 3 nitrogen and oxygen atoms in total. The van der Waals surface area contributed by atoms with Gasteiger partial charge >= 0.3 is 5.97 Å². The smallest absolute Gasteiger partial charge is 0.335 e. The first-order valence-electron chi connectivity index (χ1n) is 7.58. The van der Waals surface area contributed by atoms with Gasteiger partial charge in [-0.1, -0.05) is 32.2 Å². The van der Waals surface area contributed by atoms with Crippen LogP contribution in [0.5, 0.6) is 0 Å². The summed E-state index contributed by atoms with van der Waals surface area (Å²) in [5, 5.41) is 10.3. The highest BCUT2D eigenvalue weighted by Gasteiger charge is 2.22. The molecule has 0 amide bonds. The second kappa shape index (κ2) is 5.35. The summed E-state index contributed by atoms with van der Waals surface area (Å²) in [6, 6.07) is 5.48. The van der Waals surface area contributed by atoms with Crippen molar-refractivity contribution in [1.29, 1.82) is 0 Å². The quantitative estimate of drug-likeness (QED) is 0.841. The Hall–Kier alpha value is -1.71. The van der Waals surface area contributed by atoms with E-state index in [9.17, 15) is 4.79 Å². The summed E-state index contributed by atoms with van der Waals surface area (Å²) in [5.41, 5.74) is 4.06. The van der Waals surface area contributed by atoms with Crippen LogP contribution in [-0.4, -0.2) is 23.3 Å². The summed E-state index contributed by atoms with van der Waals surface area (Å²) >= 11 is 0. The number of nitrogens with one attached hydrogen (secondary N) is 1. The number of carboxylic acids is 1. The van der Waals surface area contributed by atoms with E-state index in [2.05, 4.69) is 11.8 Å². The highest BCUT2D eigenvalue weighted by molar-refractivity contribution is 6.52. The minimum Gasteiger partial charge on any atom is -0.478 e. The maximum Gasteiger partial charge on any atom is 0.335 e. The molecule has 1 heterocycles. The van der Waals surface area contributed by atoms with Gasteiger partial charge in [0.25, 0.3) is 0 Å². The molecule has 0 unspecified atom stereocenters. The molecule has 1 aliphatic rings. The first-order valence-corrected chi connectivity index (χ1v) is 7.58. The van der Waals surface area contributed by atoms with Gasteiger partial charge in [-0.15, -0.1) is 0 Å². The van der Waals surface area contributed by atoms with Crippen molar-refractivity contribution in [1.82, 2.24) is 4.98 Å². The number of carbonyl (C=O) groups is 1. The highest BCUT2D eigenvalue weighted by atomic mass is 16.4. The third kappa shape index (κ3) is 2.24. The van der Waals surface area contributed by atoms with Crippen LogP contribution in [0.4, 0.5) is 0 Å². The molecule has 0 aliphatic heterocycles. The van der Waals surface area contributed by atoms with Gasteiger partial charge in [0.15, 0.2) is 7.28 Å². The summed E-state index contributed by atoms with van der Waals surface area (Å²) in [5.74, 6) is -0.220. The number of benzene rings is 1. The lowest BCUT2D eigenvalue weighted by molar-refractivity contribution is 0.0697. The van der Waals surface area contributed by atoms with Crippen LogP contribution in [0, 0.1) is 0 Å². The van der Waals surface area contributed by atoms with Crippen LogP contribution < -0.4 is 5.59 Å². The van der Waals surface area contributed by atoms with Crippen LogP contribution in [-0.2, 0) is 0 Å². The van der Waals surface area contributed by atoms with E-state index in [1.807, 2.05) is 6.07 Å². The van der Waals surface area contributed by atoms with E-state index in [1.165, 1.54) is 48.6 Å². The third-order valence-corrected chi connectivity index (χ3v) is 4.53. The molecule has 0 saturated heterocycles. The number of aromatic nitrogens is 1. The molecule has 1 saturated carbocycles. The monoisotopic (exact) mass is 269 g/mol. The number of carboxylic acid groups (broad SMARTS) is 1. The Morgan fingerprint density at radius 1 is 1.30 bits per heavy atom. The van der Waals surface area contributed by atoms with Crippen molar-refractivity contribution >= 4 is 29.7 Å². The molecule has 1 fully saturated rings. The van der Waals surface area contributed by atoms with Crippen molar-refractivity contribution < 1.29 is 9.90 Å². The minimum absolute atomic E-state index is 0.358. The zero-order valence-electron chi connectivity index (χ0n) is 11.9. The van der Waals surface area contributed by atoms with Crippen molar-refractivity contribution in [3.05, 3.63) is 29.3 Å². The Bertz CT molecular complexity index is 641. The number of aromatic amines is 1. The van der Waals surface area contributed by atoms with Gasteiger partial charge in [-0.25, -0.2) is 4.79 Å². The summed E-state index contributed by atoms with van der Waals surface area (Å²) < 4.78 is 0. The van der Waals surface area contributed by atoms with E-state index in [0.29, 0.717) is 11.5 Å². The average Bonchev–Trinajstić information content (AvgIpc) is 2.85. The molecule has 0 spiro atoms. The molecular formula is C16H20BNO2. The fourth-order valence-electron chi connectivity index (χ4n) is 3.54. The Kier molecular flexibility index (Phi) is 3.55. The lowest BCUT2D eigenvalue weighted by Crippen LogP contribution is -2.20. The van der Waals surface area contributed by atoms with Crippen molar-refractivity contribution in [2.24, 2.45) is 0 Å². The van der Waals surface area contributed by atoms with Crippen molar-refractivity contribution in [3.63, 3.8) is 0 Å². The molecule has 4 heteroatoms. The van der Waals surface area contributed by atoms with Crippen LogP contribution >= 0.6 is 0 Å². The third-order valence-electron chi connectivity index (χ3n) is 4.53. The topological polar surface area (TPSA) is 53.1 Å². The lowest BCUT2D eigenvalue weighted by Gasteiger charge is -2.22. The second-order valence-corrected chi connectivity index (χ2v) is 5.77. The molecule has 20 heavy (non-hydrogen) atoms. The number of hydrogen-bond donors (Lipinski definition) is 2. The minimum atomic E-state index is -0.862. The zero-order valence-corrected chi connectivity index (χ0v) is 11.9. The van der Waals surface area contributed by atoms with Gasteiger partial charge in [0, 0.05) is 10.9 Å². The Morgan fingerprint density at radius 2 is 2.05 bits per heavy atom. The van der Waals surface area contributed by atoms with Crippen molar-refractivity contribution in [2.75, 3.05) is 0 Å². The lowest BCUT2D eigenvalue weighted by atomic mass is 9.71. The molecule has 0 bridgehead atoms. The normalized spacial score (nSPS) is 16.4. The van der Waals surface area contributed by atoms with E-state index >= 15 is 0 Å². The standard InChI is InChI=1S/C16H20BNO2/c1-17-15-14(10-5-3-2-4-6-10)12-8-7-11(16(19)20)9-13(12)18-15/h7-10,17-18H,2-6H2,1H3,(H,19,20). The highest BCUT2D eigenvalue weighted by Crippen LogP contribution is 2.35.